The second kappa shape index (κ2) is 18.6. The van der Waals surface area contributed by atoms with Gasteiger partial charge in [0, 0.05) is 12.6 Å². The van der Waals surface area contributed by atoms with Gasteiger partial charge in [-0.15, -0.1) is 0 Å². The number of amides is 1. The number of hydrogen-bond donors (Lipinski definition) is 6. The van der Waals surface area contributed by atoms with Gasteiger partial charge in [0.05, 0.1) is 6.04 Å². The number of nitrogens with two attached hydrogens (primary N) is 2. The molecular weight excluding hydrogens is 577 g/mol. The van der Waals surface area contributed by atoms with Gasteiger partial charge in [0.15, 0.2) is 0 Å². The molecule has 232 valence electrons. The first kappa shape index (κ1) is 40.9. The van der Waals surface area contributed by atoms with Crippen LogP contribution in [0.1, 0.15) is 25.8 Å². The van der Waals surface area contributed by atoms with E-state index in [0.29, 0.717) is 12.5 Å². The Morgan fingerprint density at radius 3 is 1.35 bits per heavy atom. The maximum Gasteiger partial charge on any atom is 0.490 e. The SMILES string of the molecule is CC(C)C[C@@H](NC[C@H](N)Cc1ccccc1)C(N)=O.O=C(O)C(F)(F)F.O=C(O)C(F)(F)F.O=C(O)C(F)(F)F. The van der Waals surface area contributed by atoms with Crippen LogP contribution in [0.3, 0.4) is 0 Å². The van der Waals surface area contributed by atoms with Gasteiger partial charge in [-0.1, -0.05) is 44.2 Å². The van der Waals surface area contributed by atoms with Crippen LogP contribution in [0.2, 0.25) is 0 Å². The molecule has 0 aliphatic rings. The summed E-state index contributed by atoms with van der Waals surface area (Å²) in [6.45, 7) is 4.73. The zero-order chi connectivity index (χ0) is 32.5. The number of primary amides is 1. The van der Waals surface area contributed by atoms with E-state index in [2.05, 4.69) is 31.3 Å². The number of aliphatic carboxylic acids is 3. The van der Waals surface area contributed by atoms with Crippen molar-refractivity contribution in [1.29, 1.82) is 0 Å². The van der Waals surface area contributed by atoms with E-state index in [-0.39, 0.29) is 18.0 Å². The lowest BCUT2D eigenvalue weighted by molar-refractivity contribution is -0.193. The molecular formula is C21H28F9N3O7. The first-order valence-electron chi connectivity index (χ1n) is 10.5. The van der Waals surface area contributed by atoms with Crippen molar-refractivity contribution >= 4 is 23.8 Å². The summed E-state index contributed by atoms with van der Waals surface area (Å²) in [4.78, 5) is 38.0. The van der Waals surface area contributed by atoms with Gasteiger partial charge in [0.2, 0.25) is 5.91 Å². The summed E-state index contributed by atoms with van der Waals surface area (Å²) in [5, 5.41) is 24.5. The van der Waals surface area contributed by atoms with Gasteiger partial charge >= 0.3 is 36.4 Å². The number of alkyl halides is 9. The Morgan fingerprint density at radius 2 is 1.10 bits per heavy atom. The molecule has 19 heteroatoms. The van der Waals surface area contributed by atoms with Crippen LogP contribution >= 0.6 is 0 Å². The number of rotatable bonds is 8. The first-order chi connectivity index (χ1) is 17.8. The number of benzene rings is 1. The molecule has 0 aliphatic carbocycles. The fourth-order valence-corrected chi connectivity index (χ4v) is 2.05. The van der Waals surface area contributed by atoms with Crippen molar-refractivity contribution < 1.29 is 74.0 Å². The number of carboxylic acid groups (broad SMARTS) is 3. The van der Waals surface area contributed by atoms with Gasteiger partial charge in [-0.2, -0.15) is 39.5 Å². The predicted octanol–water partition coefficient (Wildman–Crippen LogP) is 2.95. The Labute approximate surface area is 221 Å². The Bertz CT molecular complexity index is 851. The van der Waals surface area contributed by atoms with E-state index in [4.69, 9.17) is 41.2 Å². The number of halogens is 9. The fourth-order valence-electron chi connectivity index (χ4n) is 2.05. The molecule has 2 atom stereocenters. The van der Waals surface area contributed by atoms with Gasteiger partial charge in [0.1, 0.15) is 0 Å². The van der Waals surface area contributed by atoms with Crippen molar-refractivity contribution in [3.8, 4) is 0 Å². The van der Waals surface area contributed by atoms with Crippen molar-refractivity contribution in [2.24, 2.45) is 17.4 Å². The summed E-state index contributed by atoms with van der Waals surface area (Å²) < 4.78 is 95.2. The monoisotopic (exact) mass is 605 g/mol. The molecule has 1 rings (SSSR count). The zero-order valence-corrected chi connectivity index (χ0v) is 20.8. The van der Waals surface area contributed by atoms with Crippen LogP contribution in [0.25, 0.3) is 0 Å². The quantitative estimate of drug-likeness (QED) is 0.242. The largest absolute Gasteiger partial charge is 0.490 e. The van der Waals surface area contributed by atoms with E-state index in [1.54, 1.807) is 0 Å². The predicted molar refractivity (Wildman–Crippen MR) is 120 cm³/mol. The molecule has 0 radical (unpaired) electrons. The molecule has 1 amide bonds. The van der Waals surface area contributed by atoms with Crippen LogP contribution in [0.15, 0.2) is 30.3 Å². The number of carboxylic acids is 3. The van der Waals surface area contributed by atoms with Gasteiger partial charge in [-0.25, -0.2) is 14.4 Å². The highest BCUT2D eigenvalue weighted by Crippen LogP contribution is 2.14. The molecule has 0 heterocycles. The maximum absolute atomic E-state index is 11.3. The van der Waals surface area contributed by atoms with E-state index in [1.165, 1.54) is 5.56 Å². The van der Waals surface area contributed by atoms with Crippen LogP contribution in [-0.2, 0) is 25.6 Å². The van der Waals surface area contributed by atoms with E-state index in [0.717, 1.165) is 12.8 Å². The summed E-state index contributed by atoms with van der Waals surface area (Å²) in [5.41, 5.74) is 12.7. The second-order valence-electron chi connectivity index (χ2n) is 7.85. The molecule has 0 fully saturated rings. The van der Waals surface area contributed by atoms with E-state index in [1.807, 2.05) is 18.2 Å². The van der Waals surface area contributed by atoms with E-state index in [9.17, 15) is 44.3 Å². The zero-order valence-electron chi connectivity index (χ0n) is 20.8. The van der Waals surface area contributed by atoms with Crippen LogP contribution in [0.4, 0.5) is 39.5 Å². The highest BCUT2D eigenvalue weighted by atomic mass is 19.4. The van der Waals surface area contributed by atoms with Gasteiger partial charge < -0.3 is 32.1 Å². The average molecular weight is 605 g/mol. The summed E-state index contributed by atoms with van der Waals surface area (Å²) in [6.07, 6.45) is -13.7. The van der Waals surface area contributed by atoms with Gasteiger partial charge in [0.25, 0.3) is 0 Å². The third kappa shape index (κ3) is 24.7. The van der Waals surface area contributed by atoms with Gasteiger partial charge in [-0.05, 0) is 24.3 Å². The van der Waals surface area contributed by atoms with Crippen LogP contribution in [0, 0.1) is 5.92 Å². The Kier molecular flexibility index (Phi) is 19.0. The second-order valence-corrected chi connectivity index (χ2v) is 7.85. The molecule has 1 aromatic carbocycles. The third-order valence-corrected chi connectivity index (χ3v) is 3.75. The van der Waals surface area contributed by atoms with Crippen LogP contribution in [0.5, 0.6) is 0 Å². The normalized spacial score (nSPS) is 12.7. The highest BCUT2D eigenvalue weighted by Gasteiger charge is 2.39. The number of nitrogens with one attached hydrogen (secondary N) is 1. The Balaban J connectivity index is -0.000000537. The molecule has 0 saturated heterocycles. The summed E-state index contributed by atoms with van der Waals surface area (Å²) in [5.74, 6) is -8.15. The standard InChI is InChI=1S/C15H25N3O.3C2HF3O2/c1-11(2)8-14(15(17)19)18-10-13(16)9-12-6-4-3-5-7-12;3*3-2(4,5)1(6)7/h3-7,11,13-14,18H,8-10,16H2,1-2H3,(H2,17,19);3*(H,6,7)/t13-,14-;;;/m1.../s1. The number of carbonyl (C=O) groups excluding carboxylic acids is 1. The summed E-state index contributed by atoms with van der Waals surface area (Å²) in [7, 11) is 0. The smallest absolute Gasteiger partial charge is 0.475 e. The Hall–Kier alpha value is -3.61. The lowest BCUT2D eigenvalue weighted by Crippen LogP contribution is -2.47. The average Bonchev–Trinajstić information content (AvgIpc) is 2.76. The molecule has 1 aromatic rings. The third-order valence-electron chi connectivity index (χ3n) is 3.75. The fraction of sp³-hybridized carbons (Fsp3) is 0.524. The molecule has 0 aliphatic heterocycles. The molecule has 40 heavy (non-hydrogen) atoms. The minimum absolute atomic E-state index is 0.0172. The van der Waals surface area contributed by atoms with Crippen molar-refractivity contribution in [3.63, 3.8) is 0 Å². The van der Waals surface area contributed by atoms with Crippen molar-refractivity contribution in [3.05, 3.63) is 35.9 Å². The van der Waals surface area contributed by atoms with Crippen LogP contribution in [-0.4, -0.2) is 76.3 Å². The van der Waals surface area contributed by atoms with Crippen molar-refractivity contribution in [1.82, 2.24) is 5.32 Å². The lowest BCUT2D eigenvalue weighted by atomic mass is 10.0. The molecule has 0 saturated carbocycles. The maximum atomic E-state index is 11.3. The number of hydrogen-bond acceptors (Lipinski definition) is 6. The van der Waals surface area contributed by atoms with E-state index >= 15 is 0 Å². The lowest BCUT2D eigenvalue weighted by Gasteiger charge is -2.20. The molecule has 0 bridgehead atoms. The molecule has 0 aromatic heterocycles. The first-order valence-corrected chi connectivity index (χ1v) is 10.5. The van der Waals surface area contributed by atoms with Crippen LogP contribution < -0.4 is 16.8 Å². The molecule has 0 unspecified atom stereocenters. The van der Waals surface area contributed by atoms with E-state index < -0.39 is 36.4 Å². The summed E-state index contributed by atoms with van der Waals surface area (Å²) in [6, 6.07) is 9.79. The minimum atomic E-state index is -5.08. The Morgan fingerprint density at radius 1 is 0.775 bits per heavy atom. The molecule has 0 spiro atoms. The summed E-state index contributed by atoms with van der Waals surface area (Å²) >= 11 is 0. The molecule has 8 N–H and O–H groups in total. The topological polar surface area (TPSA) is 193 Å². The number of carbonyl (C=O) groups is 4. The molecule has 10 nitrogen and oxygen atoms in total. The van der Waals surface area contributed by atoms with Crippen molar-refractivity contribution in [2.75, 3.05) is 6.54 Å². The highest BCUT2D eigenvalue weighted by molar-refractivity contribution is 5.79. The minimum Gasteiger partial charge on any atom is -0.475 e. The van der Waals surface area contributed by atoms with Crippen molar-refractivity contribution in [2.45, 2.75) is 57.3 Å². The van der Waals surface area contributed by atoms with Gasteiger partial charge in [-0.3, -0.25) is 4.79 Å².